The Kier molecular flexibility index (Phi) is 5.25. The van der Waals surface area contributed by atoms with Gasteiger partial charge in [0.15, 0.2) is 0 Å². The minimum Gasteiger partial charge on any atom is -0.476 e. The molecule has 0 aromatic heterocycles. The average molecular weight is 391 g/mol. The summed E-state index contributed by atoms with van der Waals surface area (Å²) in [4.78, 5) is 30.2. The van der Waals surface area contributed by atoms with Crippen LogP contribution in [0.1, 0.15) is 26.7 Å². The van der Waals surface area contributed by atoms with Gasteiger partial charge in [0.25, 0.3) is 5.91 Å². The number of carbonyl (C=O) groups excluding carboxylic acids is 2. The van der Waals surface area contributed by atoms with Crippen molar-refractivity contribution in [1.82, 2.24) is 4.90 Å². The normalized spacial score (nSPS) is 21.1. The summed E-state index contributed by atoms with van der Waals surface area (Å²) in [6, 6.07) is 18.2. The van der Waals surface area contributed by atoms with Crippen LogP contribution >= 0.6 is 0 Å². The number of nitrogens with zero attached hydrogens (tertiary/aromatic N) is 2. The predicted molar refractivity (Wildman–Crippen MR) is 112 cm³/mol. The number of hydrogen-bond acceptors (Lipinski definition) is 3. The Balaban J connectivity index is 1.80. The Bertz CT molecular complexity index is 927. The van der Waals surface area contributed by atoms with Crippen molar-refractivity contribution in [3.63, 3.8) is 0 Å². The molecule has 0 bridgehead atoms. The van der Waals surface area contributed by atoms with E-state index in [2.05, 4.69) is 5.32 Å². The van der Waals surface area contributed by atoms with Crippen LogP contribution in [0.2, 0.25) is 0 Å². The van der Waals surface area contributed by atoms with E-state index >= 15 is 0 Å². The number of urea groups is 1. The molecule has 6 nitrogen and oxygen atoms in total. The molecule has 2 atom stereocenters. The maximum atomic E-state index is 13.5. The molecule has 29 heavy (non-hydrogen) atoms. The lowest BCUT2D eigenvalue weighted by Gasteiger charge is -2.41. The SMILES string of the molecule is CC[C@@H]1COC2=C(C(=O)Nc3ccccc3)[C@H](CC)N(c3ccccc3)C(=O)N21. The summed E-state index contributed by atoms with van der Waals surface area (Å²) in [5.41, 5.74) is 1.98. The molecule has 1 saturated heterocycles. The number of ether oxygens (including phenoxy) is 1. The summed E-state index contributed by atoms with van der Waals surface area (Å²) in [5, 5.41) is 2.97. The van der Waals surface area contributed by atoms with Gasteiger partial charge in [-0.2, -0.15) is 0 Å². The summed E-state index contributed by atoms with van der Waals surface area (Å²) < 4.78 is 5.92. The highest BCUT2D eigenvalue weighted by molar-refractivity contribution is 6.09. The van der Waals surface area contributed by atoms with Gasteiger partial charge in [0.2, 0.25) is 5.88 Å². The molecule has 2 aliphatic rings. The highest BCUT2D eigenvalue weighted by Gasteiger charge is 2.48. The van der Waals surface area contributed by atoms with Crippen molar-refractivity contribution >= 4 is 23.3 Å². The number of benzene rings is 2. The Morgan fingerprint density at radius 2 is 1.66 bits per heavy atom. The summed E-state index contributed by atoms with van der Waals surface area (Å²) in [6.07, 6.45) is 1.35. The first kappa shape index (κ1) is 19.1. The van der Waals surface area contributed by atoms with Crippen LogP contribution in [0.15, 0.2) is 72.1 Å². The zero-order valence-electron chi connectivity index (χ0n) is 16.7. The third-order valence-corrected chi connectivity index (χ3v) is 5.45. The molecule has 0 aliphatic carbocycles. The second-order valence-corrected chi connectivity index (χ2v) is 7.19. The molecule has 150 valence electrons. The molecule has 3 amide bonds. The highest BCUT2D eigenvalue weighted by atomic mass is 16.5. The van der Waals surface area contributed by atoms with Gasteiger partial charge < -0.3 is 10.1 Å². The Hall–Kier alpha value is -3.28. The summed E-state index contributed by atoms with van der Waals surface area (Å²) in [7, 11) is 0. The van der Waals surface area contributed by atoms with Crippen molar-refractivity contribution in [2.45, 2.75) is 38.8 Å². The quantitative estimate of drug-likeness (QED) is 0.823. The first-order valence-corrected chi connectivity index (χ1v) is 10.1. The van der Waals surface area contributed by atoms with Gasteiger partial charge >= 0.3 is 6.03 Å². The van der Waals surface area contributed by atoms with E-state index in [0.717, 1.165) is 12.1 Å². The van der Waals surface area contributed by atoms with Crippen LogP contribution in [0.5, 0.6) is 0 Å². The van der Waals surface area contributed by atoms with E-state index < -0.39 is 6.04 Å². The van der Waals surface area contributed by atoms with Crippen molar-refractivity contribution in [2.24, 2.45) is 0 Å². The lowest BCUT2D eigenvalue weighted by atomic mass is 9.98. The van der Waals surface area contributed by atoms with Crippen molar-refractivity contribution in [3.05, 3.63) is 72.1 Å². The smallest absolute Gasteiger partial charge is 0.332 e. The lowest BCUT2D eigenvalue weighted by molar-refractivity contribution is -0.113. The van der Waals surface area contributed by atoms with E-state index in [-0.39, 0.29) is 18.0 Å². The van der Waals surface area contributed by atoms with E-state index in [1.54, 1.807) is 9.80 Å². The first-order valence-electron chi connectivity index (χ1n) is 10.1. The minimum atomic E-state index is -0.407. The molecule has 0 saturated carbocycles. The first-order chi connectivity index (χ1) is 14.2. The number of rotatable bonds is 5. The lowest BCUT2D eigenvalue weighted by Crippen LogP contribution is -2.56. The molecule has 0 radical (unpaired) electrons. The second-order valence-electron chi connectivity index (χ2n) is 7.19. The number of nitrogens with one attached hydrogen (secondary N) is 1. The number of hydrogen-bond donors (Lipinski definition) is 1. The van der Waals surface area contributed by atoms with Crippen LogP contribution in [0.25, 0.3) is 0 Å². The third kappa shape index (κ3) is 3.35. The molecule has 2 heterocycles. The summed E-state index contributed by atoms with van der Waals surface area (Å²) in [6.45, 7) is 4.40. The molecular weight excluding hydrogens is 366 g/mol. The van der Waals surface area contributed by atoms with Gasteiger partial charge in [-0.3, -0.25) is 14.6 Å². The molecule has 6 heteroatoms. The van der Waals surface area contributed by atoms with Crippen LogP contribution in [-0.4, -0.2) is 35.5 Å². The van der Waals surface area contributed by atoms with Gasteiger partial charge in [-0.25, -0.2) is 4.79 Å². The molecule has 0 spiro atoms. The molecule has 4 rings (SSSR count). The van der Waals surface area contributed by atoms with Gasteiger partial charge in [-0.05, 0) is 37.1 Å². The Labute approximate surface area is 170 Å². The molecular formula is C23H25N3O3. The topological polar surface area (TPSA) is 61.9 Å². The largest absolute Gasteiger partial charge is 0.476 e. The predicted octanol–water partition coefficient (Wildman–Crippen LogP) is 4.37. The highest BCUT2D eigenvalue weighted by Crippen LogP contribution is 2.38. The molecule has 2 aromatic rings. The van der Waals surface area contributed by atoms with Crippen LogP contribution in [0.3, 0.4) is 0 Å². The van der Waals surface area contributed by atoms with Gasteiger partial charge in [-0.15, -0.1) is 0 Å². The monoisotopic (exact) mass is 391 g/mol. The molecule has 1 N–H and O–H groups in total. The second kappa shape index (κ2) is 7.99. The van der Waals surface area contributed by atoms with E-state index in [0.29, 0.717) is 30.2 Å². The van der Waals surface area contributed by atoms with E-state index in [4.69, 9.17) is 4.74 Å². The zero-order chi connectivity index (χ0) is 20.4. The van der Waals surface area contributed by atoms with Crippen molar-refractivity contribution in [2.75, 3.05) is 16.8 Å². The molecule has 0 unspecified atom stereocenters. The third-order valence-electron chi connectivity index (χ3n) is 5.45. The van der Waals surface area contributed by atoms with Crippen LogP contribution < -0.4 is 10.2 Å². The van der Waals surface area contributed by atoms with Crippen LogP contribution in [0, 0.1) is 0 Å². The van der Waals surface area contributed by atoms with Gasteiger partial charge in [0.1, 0.15) is 12.2 Å². The number of anilines is 2. The zero-order valence-corrected chi connectivity index (χ0v) is 16.7. The van der Waals surface area contributed by atoms with Crippen molar-refractivity contribution < 1.29 is 14.3 Å². The number of para-hydroxylation sites is 2. The number of fused-ring (bicyclic) bond motifs is 1. The van der Waals surface area contributed by atoms with E-state index in [1.165, 1.54) is 0 Å². The fourth-order valence-corrected chi connectivity index (χ4v) is 3.99. The fraction of sp³-hybridized carbons (Fsp3) is 0.304. The van der Waals surface area contributed by atoms with Crippen LogP contribution in [-0.2, 0) is 9.53 Å². The maximum Gasteiger partial charge on any atom is 0.332 e. The summed E-state index contributed by atoms with van der Waals surface area (Å²) in [5.74, 6) is 0.155. The molecule has 2 aromatic carbocycles. The molecule has 2 aliphatic heterocycles. The van der Waals surface area contributed by atoms with Crippen molar-refractivity contribution in [3.8, 4) is 0 Å². The maximum absolute atomic E-state index is 13.5. The average Bonchev–Trinajstić information content (AvgIpc) is 3.19. The Morgan fingerprint density at radius 3 is 2.28 bits per heavy atom. The minimum absolute atomic E-state index is 0.0824. The van der Waals surface area contributed by atoms with Gasteiger partial charge in [0.05, 0.1) is 12.1 Å². The fourth-order valence-electron chi connectivity index (χ4n) is 3.99. The number of amides is 3. The van der Waals surface area contributed by atoms with E-state index in [9.17, 15) is 9.59 Å². The summed E-state index contributed by atoms with van der Waals surface area (Å²) >= 11 is 0. The Morgan fingerprint density at radius 1 is 1.00 bits per heavy atom. The molecule has 1 fully saturated rings. The van der Waals surface area contributed by atoms with Gasteiger partial charge in [0, 0.05) is 11.4 Å². The standard InChI is InChI=1S/C23H25N3O3/c1-3-17-15-29-22-20(21(27)24-16-11-7-5-8-12-16)19(4-2)25(23(28)26(17)22)18-13-9-6-10-14-18/h5-14,17,19H,3-4,15H2,1-2H3,(H,24,27)/t17-,19+/m1/s1. The van der Waals surface area contributed by atoms with Crippen LogP contribution in [0.4, 0.5) is 16.2 Å². The van der Waals surface area contributed by atoms with E-state index in [1.807, 2.05) is 74.5 Å². The van der Waals surface area contributed by atoms with Gasteiger partial charge in [-0.1, -0.05) is 50.2 Å². The van der Waals surface area contributed by atoms with Crippen molar-refractivity contribution in [1.29, 1.82) is 0 Å². The number of carbonyl (C=O) groups is 2.